The minimum atomic E-state index is -4.63. The Morgan fingerprint density at radius 3 is 2.50 bits per heavy atom. The van der Waals surface area contributed by atoms with Gasteiger partial charge in [0.05, 0.1) is 6.33 Å². The number of alkyl halides is 3. The van der Waals surface area contributed by atoms with Gasteiger partial charge in [0.15, 0.2) is 11.5 Å². The number of hydrogen-bond donors (Lipinski definition) is 0. The van der Waals surface area contributed by atoms with E-state index < -0.39 is 17.4 Å². The third-order valence-electron chi connectivity index (χ3n) is 4.54. The van der Waals surface area contributed by atoms with Crippen molar-refractivity contribution in [2.75, 3.05) is 18.0 Å². The van der Waals surface area contributed by atoms with E-state index in [1.165, 1.54) is 9.13 Å². The van der Waals surface area contributed by atoms with Crippen LogP contribution in [0, 0.1) is 5.92 Å². The average Bonchev–Trinajstić information content (AvgIpc) is 2.59. The van der Waals surface area contributed by atoms with E-state index in [-0.39, 0.29) is 11.5 Å². The van der Waals surface area contributed by atoms with Crippen LogP contribution in [0.15, 0.2) is 34.4 Å². The first-order valence-corrected chi connectivity index (χ1v) is 8.16. The lowest BCUT2D eigenvalue weighted by molar-refractivity contribution is -0.141. The number of hydrogen-bond acceptors (Lipinski definition) is 5. The highest BCUT2D eigenvalue weighted by atomic mass is 19.4. The van der Waals surface area contributed by atoms with Crippen molar-refractivity contribution in [3.63, 3.8) is 0 Å². The molecule has 10 heteroatoms. The van der Waals surface area contributed by atoms with Gasteiger partial charge >= 0.3 is 6.18 Å². The summed E-state index contributed by atoms with van der Waals surface area (Å²) in [5.74, 6) is 0.511. The zero-order valence-electron chi connectivity index (χ0n) is 14.1. The van der Waals surface area contributed by atoms with Gasteiger partial charge in [0.1, 0.15) is 0 Å². The fourth-order valence-corrected chi connectivity index (χ4v) is 3.03. The predicted molar refractivity (Wildman–Crippen MR) is 87.9 cm³/mol. The Morgan fingerprint density at radius 2 is 1.88 bits per heavy atom. The topological polar surface area (TPSA) is 73.0 Å². The van der Waals surface area contributed by atoms with Crippen molar-refractivity contribution in [2.45, 2.75) is 25.6 Å². The summed E-state index contributed by atoms with van der Waals surface area (Å²) in [7, 11) is 1.66. The van der Waals surface area contributed by atoms with Gasteiger partial charge < -0.3 is 9.47 Å². The highest BCUT2D eigenvalue weighted by Crippen LogP contribution is 2.26. The van der Waals surface area contributed by atoms with Gasteiger partial charge in [-0.1, -0.05) is 0 Å². The van der Waals surface area contributed by atoms with E-state index in [1.807, 2.05) is 4.90 Å². The standard InChI is InChI=1S/C16H18F3N5O2/c1-22-7-4-20-14(15(22)26)23-5-2-11(3-6-23)9-24-10-21-12(8-13(24)25)16(17,18)19/h4,7-8,10-11H,2-3,5-6,9H2,1H3. The molecular formula is C16H18F3N5O2. The summed E-state index contributed by atoms with van der Waals surface area (Å²) < 4.78 is 40.4. The number of halogens is 3. The Bertz CT molecular complexity index is 898. The molecule has 1 saturated heterocycles. The number of nitrogens with zero attached hydrogens (tertiary/aromatic N) is 5. The van der Waals surface area contributed by atoms with Gasteiger partial charge in [0.2, 0.25) is 0 Å². The van der Waals surface area contributed by atoms with Crippen LogP contribution in [0.1, 0.15) is 18.5 Å². The minimum Gasteiger partial charge on any atom is -0.352 e. The van der Waals surface area contributed by atoms with Crippen molar-refractivity contribution in [2.24, 2.45) is 13.0 Å². The Kier molecular flexibility index (Phi) is 4.84. The van der Waals surface area contributed by atoms with E-state index in [4.69, 9.17) is 0 Å². The van der Waals surface area contributed by atoms with Crippen molar-refractivity contribution in [1.82, 2.24) is 19.1 Å². The molecule has 3 heterocycles. The molecule has 1 aliphatic heterocycles. The third-order valence-corrected chi connectivity index (χ3v) is 4.54. The molecule has 1 fully saturated rings. The molecule has 140 valence electrons. The lowest BCUT2D eigenvalue weighted by Gasteiger charge is -2.32. The minimum absolute atomic E-state index is 0.120. The Hall–Kier alpha value is -2.65. The molecule has 2 aromatic rings. The number of rotatable bonds is 3. The molecule has 26 heavy (non-hydrogen) atoms. The molecule has 0 amide bonds. The molecule has 0 saturated carbocycles. The van der Waals surface area contributed by atoms with Gasteiger partial charge in [0, 0.05) is 45.1 Å². The summed E-state index contributed by atoms with van der Waals surface area (Å²) in [4.78, 5) is 33.4. The summed E-state index contributed by atoms with van der Waals surface area (Å²) in [6.45, 7) is 1.50. The second kappa shape index (κ2) is 6.93. The second-order valence-electron chi connectivity index (χ2n) is 6.36. The third kappa shape index (κ3) is 3.78. The van der Waals surface area contributed by atoms with Crippen LogP contribution in [0.2, 0.25) is 0 Å². The van der Waals surface area contributed by atoms with Crippen molar-refractivity contribution in [1.29, 1.82) is 0 Å². The Labute approximate surface area is 146 Å². The first kappa shape index (κ1) is 18.2. The van der Waals surface area contributed by atoms with Crippen molar-refractivity contribution >= 4 is 5.82 Å². The summed E-state index contributed by atoms with van der Waals surface area (Å²) in [5.41, 5.74) is -2.07. The Balaban J connectivity index is 1.65. The normalized spacial score (nSPS) is 16.1. The van der Waals surface area contributed by atoms with E-state index in [1.54, 1.807) is 19.4 Å². The smallest absolute Gasteiger partial charge is 0.352 e. The molecule has 0 radical (unpaired) electrons. The molecule has 0 atom stereocenters. The zero-order chi connectivity index (χ0) is 18.9. The fraction of sp³-hybridized carbons (Fsp3) is 0.500. The maximum Gasteiger partial charge on any atom is 0.433 e. The lowest BCUT2D eigenvalue weighted by Crippen LogP contribution is -2.40. The molecule has 2 aromatic heterocycles. The van der Waals surface area contributed by atoms with Gasteiger partial charge in [-0.2, -0.15) is 13.2 Å². The van der Waals surface area contributed by atoms with Crippen LogP contribution in [-0.2, 0) is 19.8 Å². The molecule has 0 aromatic carbocycles. The van der Waals surface area contributed by atoms with Crippen LogP contribution < -0.4 is 16.0 Å². The maximum absolute atomic E-state index is 12.6. The lowest BCUT2D eigenvalue weighted by atomic mass is 9.96. The van der Waals surface area contributed by atoms with E-state index in [2.05, 4.69) is 9.97 Å². The van der Waals surface area contributed by atoms with Gasteiger partial charge in [-0.3, -0.25) is 14.2 Å². The highest BCUT2D eigenvalue weighted by molar-refractivity contribution is 5.36. The van der Waals surface area contributed by atoms with E-state index in [0.717, 1.165) is 6.33 Å². The quantitative estimate of drug-likeness (QED) is 0.815. The molecule has 0 bridgehead atoms. The van der Waals surface area contributed by atoms with E-state index in [0.29, 0.717) is 44.4 Å². The first-order chi connectivity index (χ1) is 12.3. The van der Waals surface area contributed by atoms with Crippen LogP contribution in [0.25, 0.3) is 0 Å². The number of anilines is 1. The average molecular weight is 369 g/mol. The monoisotopic (exact) mass is 369 g/mol. The van der Waals surface area contributed by atoms with Gasteiger partial charge in [-0.25, -0.2) is 9.97 Å². The number of aryl methyl sites for hydroxylation is 1. The van der Waals surface area contributed by atoms with Crippen molar-refractivity contribution in [3.8, 4) is 0 Å². The van der Waals surface area contributed by atoms with Crippen LogP contribution in [0.5, 0.6) is 0 Å². The SMILES string of the molecule is Cn1ccnc(N2CCC(Cn3cnc(C(F)(F)F)cc3=O)CC2)c1=O. The highest BCUT2D eigenvalue weighted by Gasteiger charge is 2.33. The second-order valence-corrected chi connectivity index (χ2v) is 6.36. The summed E-state index contributed by atoms with van der Waals surface area (Å²) >= 11 is 0. The number of aromatic nitrogens is 4. The van der Waals surface area contributed by atoms with Crippen LogP contribution in [0.3, 0.4) is 0 Å². The van der Waals surface area contributed by atoms with E-state index in [9.17, 15) is 22.8 Å². The van der Waals surface area contributed by atoms with Crippen LogP contribution >= 0.6 is 0 Å². The van der Waals surface area contributed by atoms with Crippen LogP contribution in [-0.4, -0.2) is 32.2 Å². The van der Waals surface area contributed by atoms with Gasteiger partial charge in [-0.15, -0.1) is 0 Å². The Morgan fingerprint density at radius 1 is 1.19 bits per heavy atom. The van der Waals surface area contributed by atoms with Crippen molar-refractivity contribution in [3.05, 3.63) is 51.2 Å². The van der Waals surface area contributed by atoms with Crippen molar-refractivity contribution < 1.29 is 13.2 Å². The van der Waals surface area contributed by atoms with Gasteiger partial charge in [0.25, 0.3) is 11.1 Å². The molecule has 0 aliphatic carbocycles. The van der Waals surface area contributed by atoms with Gasteiger partial charge in [-0.05, 0) is 18.8 Å². The summed E-state index contributed by atoms with van der Waals surface area (Å²) in [5, 5.41) is 0. The molecule has 1 aliphatic rings. The molecule has 0 spiro atoms. The first-order valence-electron chi connectivity index (χ1n) is 8.16. The number of piperidine rings is 1. The summed E-state index contributed by atoms with van der Waals surface area (Å²) in [6.07, 6.45) is 0.879. The molecule has 0 N–H and O–H groups in total. The molecule has 0 unspecified atom stereocenters. The molecule has 3 rings (SSSR count). The molecular weight excluding hydrogens is 351 g/mol. The largest absolute Gasteiger partial charge is 0.433 e. The zero-order valence-corrected chi connectivity index (χ0v) is 14.1. The summed E-state index contributed by atoms with van der Waals surface area (Å²) in [6, 6.07) is 0.521. The van der Waals surface area contributed by atoms with Crippen LogP contribution in [0.4, 0.5) is 19.0 Å². The van der Waals surface area contributed by atoms with E-state index >= 15 is 0 Å². The predicted octanol–water partition coefficient (Wildman–Crippen LogP) is 1.27. The maximum atomic E-state index is 12.6. The fourth-order valence-electron chi connectivity index (χ4n) is 3.03. The molecule has 7 nitrogen and oxygen atoms in total.